The van der Waals surface area contributed by atoms with E-state index >= 15 is 0 Å². The summed E-state index contributed by atoms with van der Waals surface area (Å²) in [5.41, 5.74) is 0.992. The molecule has 0 aromatic heterocycles. The van der Waals surface area contributed by atoms with Crippen molar-refractivity contribution in [3.8, 4) is 11.5 Å². The molecule has 0 aliphatic heterocycles. The molecule has 1 amide bonds. The normalized spacial score (nSPS) is 10.3. The zero-order valence-electron chi connectivity index (χ0n) is 13.4. The molecule has 128 valence electrons. The Labute approximate surface area is 151 Å². The fraction of sp³-hybridized carbons (Fsp3) is 0.278. The average Bonchev–Trinajstić information content (AvgIpc) is 2.58. The molecule has 2 rings (SSSR count). The molecular formula is C18H19Cl2NO3. The predicted octanol–water partition coefficient (Wildman–Crippen LogP) is 4.48. The molecule has 0 atom stereocenters. The third-order valence-corrected chi connectivity index (χ3v) is 3.85. The first kappa shape index (κ1) is 18.4. The van der Waals surface area contributed by atoms with Crippen LogP contribution >= 0.6 is 23.2 Å². The largest absolute Gasteiger partial charge is 0.497 e. The third kappa shape index (κ3) is 5.95. The van der Waals surface area contributed by atoms with Gasteiger partial charge >= 0.3 is 0 Å². The molecular weight excluding hydrogens is 349 g/mol. The van der Waals surface area contributed by atoms with Gasteiger partial charge in [-0.25, -0.2) is 0 Å². The van der Waals surface area contributed by atoms with E-state index in [9.17, 15) is 4.79 Å². The van der Waals surface area contributed by atoms with Crippen LogP contribution in [0.4, 0.5) is 0 Å². The van der Waals surface area contributed by atoms with Crippen molar-refractivity contribution < 1.29 is 14.3 Å². The van der Waals surface area contributed by atoms with Crippen LogP contribution in [-0.4, -0.2) is 19.6 Å². The maximum absolute atomic E-state index is 11.9. The molecule has 4 nitrogen and oxygen atoms in total. The molecule has 0 spiro atoms. The molecule has 0 radical (unpaired) electrons. The van der Waals surface area contributed by atoms with Crippen molar-refractivity contribution in [1.82, 2.24) is 5.32 Å². The fourth-order valence-electron chi connectivity index (χ4n) is 2.08. The van der Waals surface area contributed by atoms with Crippen LogP contribution in [0.25, 0.3) is 0 Å². The number of hydrogen-bond acceptors (Lipinski definition) is 3. The van der Waals surface area contributed by atoms with Crippen LogP contribution in [0, 0.1) is 0 Å². The van der Waals surface area contributed by atoms with Crippen LogP contribution < -0.4 is 14.8 Å². The molecule has 1 N–H and O–H groups in total. The second-order valence-corrected chi connectivity index (χ2v) is 6.00. The molecule has 0 heterocycles. The fourth-order valence-corrected chi connectivity index (χ4v) is 2.54. The highest BCUT2D eigenvalue weighted by atomic mass is 35.5. The van der Waals surface area contributed by atoms with E-state index in [2.05, 4.69) is 5.32 Å². The topological polar surface area (TPSA) is 47.6 Å². The van der Waals surface area contributed by atoms with E-state index < -0.39 is 0 Å². The highest BCUT2D eigenvalue weighted by Gasteiger charge is 2.05. The number of amides is 1. The number of methoxy groups -OCH3 is 1. The van der Waals surface area contributed by atoms with Gasteiger partial charge in [-0.05, 0) is 42.3 Å². The van der Waals surface area contributed by atoms with Crippen molar-refractivity contribution in [2.75, 3.05) is 13.7 Å². The molecule has 2 aromatic carbocycles. The number of nitrogens with one attached hydrogen (secondary N) is 1. The summed E-state index contributed by atoms with van der Waals surface area (Å²) in [5.74, 6) is 1.32. The Morgan fingerprint density at radius 1 is 1.17 bits per heavy atom. The lowest BCUT2D eigenvalue weighted by molar-refractivity contribution is -0.121. The van der Waals surface area contributed by atoms with Gasteiger partial charge in [0, 0.05) is 18.0 Å². The van der Waals surface area contributed by atoms with Crippen molar-refractivity contribution >= 4 is 29.1 Å². The van der Waals surface area contributed by atoms with Crippen molar-refractivity contribution in [1.29, 1.82) is 0 Å². The van der Waals surface area contributed by atoms with Gasteiger partial charge in [0.05, 0.1) is 18.7 Å². The van der Waals surface area contributed by atoms with Crippen molar-refractivity contribution in [2.45, 2.75) is 19.4 Å². The van der Waals surface area contributed by atoms with Crippen molar-refractivity contribution in [3.63, 3.8) is 0 Å². The smallest absolute Gasteiger partial charge is 0.220 e. The minimum atomic E-state index is -0.0244. The minimum absolute atomic E-state index is 0.0244. The summed E-state index contributed by atoms with van der Waals surface area (Å²) in [5, 5.41) is 3.90. The zero-order chi connectivity index (χ0) is 17.4. The van der Waals surface area contributed by atoms with Crippen LogP contribution in [0.1, 0.15) is 18.4 Å². The standard InChI is InChI=1S/C18H19Cl2NO3/c1-23-15-5-2-4-13(10-15)12-21-18(22)6-3-9-24-17-8-7-14(19)11-16(17)20/h2,4-5,7-8,10-11H,3,6,9,12H2,1H3,(H,21,22). The number of rotatable bonds is 8. The highest BCUT2D eigenvalue weighted by molar-refractivity contribution is 6.35. The molecule has 0 aliphatic rings. The number of halogens is 2. The van der Waals surface area contributed by atoms with Gasteiger partial charge in [0.2, 0.25) is 5.91 Å². The SMILES string of the molecule is COc1cccc(CNC(=O)CCCOc2ccc(Cl)cc2Cl)c1. The van der Waals surface area contributed by atoms with Gasteiger partial charge in [0.1, 0.15) is 11.5 Å². The van der Waals surface area contributed by atoms with E-state index in [1.807, 2.05) is 24.3 Å². The molecule has 24 heavy (non-hydrogen) atoms. The van der Waals surface area contributed by atoms with E-state index in [0.717, 1.165) is 11.3 Å². The Morgan fingerprint density at radius 2 is 2.00 bits per heavy atom. The van der Waals surface area contributed by atoms with Crippen LogP contribution in [0.3, 0.4) is 0 Å². The Bertz CT molecular complexity index is 692. The lowest BCUT2D eigenvalue weighted by atomic mass is 10.2. The Morgan fingerprint density at radius 3 is 2.75 bits per heavy atom. The molecule has 0 bridgehead atoms. The van der Waals surface area contributed by atoms with Crippen LogP contribution in [0.15, 0.2) is 42.5 Å². The summed E-state index contributed by atoms with van der Waals surface area (Å²) in [6.45, 7) is 0.883. The van der Waals surface area contributed by atoms with Gasteiger partial charge < -0.3 is 14.8 Å². The summed E-state index contributed by atoms with van der Waals surface area (Å²) in [7, 11) is 1.62. The summed E-state index contributed by atoms with van der Waals surface area (Å²) in [6.07, 6.45) is 0.984. The minimum Gasteiger partial charge on any atom is -0.497 e. The van der Waals surface area contributed by atoms with E-state index in [1.54, 1.807) is 25.3 Å². The van der Waals surface area contributed by atoms with Gasteiger partial charge in [-0.2, -0.15) is 0 Å². The summed E-state index contributed by atoms with van der Waals surface area (Å²) >= 11 is 11.8. The van der Waals surface area contributed by atoms with Crippen LogP contribution in [-0.2, 0) is 11.3 Å². The number of carbonyl (C=O) groups is 1. The lowest BCUT2D eigenvalue weighted by Gasteiger charge is -2.09. The number of ether oxygens (including phenoxy) is 2. The lowest BCUT2D eigenvalue weighted by Crippen LogP contribution is -2.23. The Hall–Kier alpha value is -1.91. The maximum Gasteiger partial charge on any atom is 0.220 e. The van der Waals surface area contributed by atoms with E-state index in [1.165, 1.54) is 0 Å². The van der Waals surface area contributed by atoms with Gasteiger partial charge in [-0.1, -0.05) is 35.3 Å². The van der Waals surface area contributed by atoms with Crippen LogP contribution in [0.5, 0.6) is 11.5 Å². The van der Waals surface area contributed by atoms with E-state index in [4.69, 9.17) is 32.7 Å². The van der Waals surface area contributed by atoms with Crippen LogP contribution in [0.2, 0.25) is 10.0 Å². The molecule has 0 saturated heterocycles. The van der Waals surface area contributed by atoms with E-state index in [0.29, 0.717) is 41.8 Å². The summed E-state index contributed by atoms with van der Waals surface area (Å²) < 4.78 is 10.7. The Balaban J connectivity index is 1.67. The first-order chi connectivity index (χ1) is 11.6. The molecule has 6 heteroatoms. The predicted molar refractivity (Wildman–Crippen MR) is 96.0 cm³/mol. The second-order valence-electron chi connectivity index (χ2n) is 5.16. The molecule has 0 fully saturated rings. The monoisotopic (exact) mass is 367 g/mol. The van der Waals surface area contributed by atoms with Gasteiger partial charge in [0.25, 0.3) is 0 Å². The molecule has 2 aromatic rings. The molecule has 0 aliphatic carbocycles. The van der Waals surface area contributed by atoms with Gasteiger partial charge in [0.15, 0.2) is 0 Å². The zero-order valence-corrected chi connectivity index (χ0v) is 14.9. The first-order valence-corrected chi connectivity index (χ1v) is 8.31. The van der Waals surface area contributed by atoms with E-state index in [-0.39, 0.29) is 5.91 Å². The van der Waals surface area contributed by atoms with Crippen molar-refractivity contribution in [2.24, 2.45) is 0 Å². The second kappa shape index (κ2) is 9.40. The number of benzene rings is 2. The Kier molecular flexibility index (Phi) is 7.22. The quantitative estimate of drug-likeness (QED) is 0.699. The van der Waals surface area contributed by atoms with Gasteiger partial charge in [-0.3, -0.25) is 4.79 Å². The summed E-state index contributed by atoms with van der Waals surface area (Å²) in [4.78, 5) is 11.9. The summed E-state index contributed by atoms with van der Waals surface area (Å²) in [6, 6.07) is 12.6. The van der Waals surface area contributed by atoms with Gasteiger partial charge in [-0.15, -0.1) is 0 Å². The first-order valence-electron chi connectivity index (χ1n) is 7.56. The highest BCUT2D eigenvalue weighted by Crippen LogP contribution is 2.27. The van der Waals surface area contributed by atoms with Crippen molar-refractivity contribution in [3.05, 3.63) is 58.1 Å². The number of carbonyl (C=O) groups excluding carboxylic acids is 1. The molecule has 0 unspecified atom stereocenters. The molecule has 0 saturated carbocycles. The number of hydrogen-bond donors (Lipinski definition) is 1. The average molecular weight is 368 g/mol. The third-order valence-electron chi connectivity index (χ3n) is 3.32. The maximum atomic E-state index is 11.9.